The van der Waals surface area contributed by atoms with E-state index in [1.54, 1.807) is 12.1 Å². The first-order valence-electron chi connectivity index (χ1n) is 4.97. The lowest BCUT2D eigenvalue weighted by Crippen LogP contribution is -2.30. The second-order valence-electron chi connectivity index (χ2n) is 3.32. The number of methoxy groups -OCH3 is 1. The Hall–Kier alpha value is -1.20. The van der Waals surface area contributed by atoms with Crippen molar-refractivity contribution in [2.75, 3.05) is 13.7 Å². The van der Waals surface area contributed by atoms with Gasteiger partial charge in [0.1, 0.15) is 11.9 Å². The van der Waals surface area contributed by atoms with Crippen LogP contribution in [-0.2, 0) is 9.53 Å². The summed E-state index contributed by atoms with van der Waals surface area (Å²) in [6.45, 7) is 3.97. The van der Waals surface area contributed by atoms with E-state index in [0.29, 0.717) is 16.6 Å². The van der Waals surface area contributed by atoms with Crippen molar-refractivity contribution in [1.29, 1.82) is 0 Å². The standard InChI is InChI=1S/C12H13BrFNO2/c1-3-6-15-11(12(16)17-2)9-7-8(14)4-5-10(9)13/h3-5,7,11,15H,1,6H2,2H3. The summed E-state index contributed by atoms with van der Waals surface area (Å²) < 4.78 is 18.5. The summed E-state index contributed by atoms with van der Waals surface area (Å²) in [4.78, 5) is 11.6. The van der Waals surface area contributed by atoms with Gasteiger partial charge in [-0.3, -0.25) is 5.32 Å². The number of benzene rings is 1. The summed E-state index contributed by atoms with van der Waals surface area (Å²) in [5.74, 6) is -0.879. The number of rotatable bonds is 5. The van der Waals surface area contributed by atoms with E-state index < -0.39 is 17.8 Å². The Morgan fingerprint density at radius 3 is 3.00 bits per heavy atom. The third-order valence-corrected chi connectivity index (χ3v) is 2.89. The van der Waals surface area contributed by atoms with Gasteiger partial charge in [-0.05, 0) is 23.8 Å². The summed E-state index contributed by atoms with van der Waals surface area (Å²) in [6, 6.07) is 3.44. The molecule has 1 aromatic carbocycles. The van der Waals surface area contributed by atoms with E-state index in [4.69, 9.17) is 0 Å². The zero-order valence-electron chi connectivity index (χ0n) is 9.37. The van der Waals surface area contributed by atoms with Crippen LogP contribution in [0.2, 0.25) is 0 Å². The lowest BCUT2D eigenvalue weighted by atomic mass is 10.1. The molecule has 0 aromatic heterocycles. The molecule has 5 heteroatoms. The van der Waals surface area contributed by atoms with E-state index in [9.17, 15) is 9.18 Å². The van der Waals surface area contributed by atoms with Gasteiger partial charge in [-0.2, -0.15) is 0 Å². The second kappa shape index (κ2) is 6.51. The number of carbonyl (C=O) groups is 1. The molecule has 1 rings (SSSR count). The van der Waals surface area contributed by atoms with Crippen LogP contribution in [0.1, 0.15) is 11.6 Å². The summed E-state index contributed by atoms with van der Waals surface area (Å²) in [5, 5.41) is 2.92. The Morgan fingerprint density at radius 2 is 2.41 bits per heavy atom. The molecule has 1 aromatic rings. The SMILES string of the molecule is C=CCNC(C(=O)OC)c1cc(F)ccc1Br. The third kappa shape index (κ3) is 3.64. The summed E-state index contributed by atoms with van der Waals surface area (Å²) >= 11 is 3.28. The van der Waals surface area contributed by atoms with E-state index >= 15 is 0 Å². The van der Waals surface area contributed by atoms with Gasteiger partial charge >= 0.3 is 5.97 Å². The summed E-state index contributed by atoms with van der Waals surface area (Å²) in [7, 11) is 1.29. The molecule has 0 saturated carbocycles. The number of hydrogen-bond acceptors (Lipinski definition) is 3. The van der Waals surface area contributed by atoms with E-state index in [0.717, 1.165) is 0 Å². The van der Waals surface area contributed by atoms with Crippen LogP contribution in [-0.4, -0.2) is 19.6 Å². The Balaban J connectivity index is 3.06. The van der Waals surface area contributed by atoms with Crippen molar-refractivity contribution in [1.82, 2.24) is 5.32 Å². The Kier molecular flexibility index (Phi) is 5.31. The van der Waals surface area contributed by atoms with Crippen LogP contribution in [0.5, 0.6) is 0 Å². The summed E-state index contributed by atoms with van der Waals surface area (Å²) in [6.07, 6.45) is 1.61. The topological polar surface area (TPSA) is 38.3 Å². The normalized spacial score (nSPS) is 11.9. The molecule has 92 valence electrons. The highest BCUT2D eigenvalue weighted by atomic mass is 79.9. The van der Waals surface area contributed by atoms with Crippen LogP contribution in [0, 0.1) is 5.82 Å². The highest BCUT2D eigenvalue weighted by molar-refractivity contribution is 9.10. The molecule has 0 amide bonds. The molecule has 1 atom stereocenters. The molecule has 0 aliphatic rings. The third-order valence-electron chi connectivity index (χ3n) is 2.17. The van der Waals surface area contributed by atoms with Crippen LogP contribution in [0.25, 0.3) is 0 Å². The van der Waals surface area contributed by atoms with Crippen molar-refractivity contribution >= 4 is 21.9 Å². The monoisotopic (exact) mass is 301 g/mol. The number of ether oxygens (including phenoxy) is 1. The van der Waals surface area contributed by atoms with Gasteiger partial charge in [-0.25, -0.2) is 9.18 Å². The molecule has 0 radical (unpaired) electrons. The van der Waals surface area contributed by atoms with Crippen LogP contribution < -0.4 is 5.32 Å². The quantitative estimate of drug-likeness (QED) is 0.671. The molecule has 1 N–H and O–H groups in total. The van der Waals surface area contributed by atoms with Gasteiger partial charge in [0.15, 0.2) is 0 Å². The van der Waals surface area contributed by atoms with Gasteiger partial charge in [-0.15, -0.1) is 6.58 Å². The highest BCUT2D eigenvalue weighted by Crippen LogP contribution is 2.25. The smallest absolute Gasteiger partial charge is 0.327 e. The molecule has 1 unspecified atom stereocenters. The predicted octanol–water partition coefficient (Wildman–Crippen LogP) is 2.58. The Morgan fingerprint density at radius 1 is 1.71 bits per heavy atom. The molecule has 0 aliphatic heterocycles. The lowest BCUT2D eigenvalue weighted by molar-refractivity contribution is -0.143. The molecule has 0 spiro atoms. The fourth-order valence-corrected chi connectivity index (χ4v) is 1.85. The number of halogens is 2. The number of esters is 1. The molecule has 3 nitrogen and oxygen atoms in total. The maximum absolute atomic E-state index is 13.2. The zero-order valence-corrected chi connectivity index (χ0v) is 11.0. The predicted molar refractivity (Wildman–Crippen MR) is 67.1 cm³/mol. The van der Waals surface area contributed by atoms with Crippen LogP contribution >= 0.6 is 15.9 Å². The molecule has 17 heavy (non-hydrogen) atoms. The van der Waals surface area contributed by atoms with Crippen molar-refractivity contribution < 1.29 is 13.9 Å². The number of carbonyl (C=O) groups excluding carboxylic acids is 1. The maximum Gasteiger partial charge on any atom is 0.327 e. The molecule has 0 fully saturated rings. The minimum absolute atomic E-state index is 0.405. The molecular formula is C12H13BrFNO2. The first-order valence-corrected chi connectivity index (χ1v) is 5.76. The summed E-state index contributed by atoms with van der Waals surface area (Å²) in [5.41, 5.74) is 0.499. The second-order valence-corrected chi connectivity index (χ2v) is 4.17. The van der Waals surface area contributed by atoms with Crippen molar-refractivity contribution in [3.63, 3.8) is 0 Å². The van der Waals surface area contributed by atoms with Gasteiger partial charge in [0.2, 0.25) is 0 Å². The first kappa shape index (κ1) is 13.9. The molecule has 0 saturated heterocycles. The van der Waals surface area contributed by atoms with E-state index in [2.05, 4.69) is 32.6 Å². The number of nitrogens with one attached hydrogen (secondary N) is 1. The van der Waals surface area contributed by atoms with Gasteiger partial charge in [-0.1, -0.05) is 22.0 Å². The molecule has 0 bridgehead atoms. The van der Waals surface area contributed by atoms with Crippen LogP contribution in [0.15, 0.2) is 35.3 Å². The van der Waals surface area contributed by atoms with Crippen molar-refractivity contribution in [2.45, 2.75) is 6.04 Å². The van der Waals surface area contributed by atoms with Crippen LogP contribution in [0.3, 0.4) is 0 Å². The van der Waals surface area contributed by atoms with Crippen molar-refractivity contribution in [2.24, 2.45) is 0 Å². The Bertz CT molecular complexity index is 423. The minimum atomic E-state index is -0.719. The largest absolute Gasteiger partial charge is 0.468 e. The van der Waals surface area contributed by atoms with Crippen LogP contribution in [0.4, 0.5) is 4.39 Å². The Labute approximate surface area is 108 Å². The van der Waals surface area contributed by atoms with E-state index in [1.807, 2.05) is 0 Å². The van der Waals surface area contributed by atoms with Crippen molar-refractivity contribution in [3.8, 4) is 0 Å². The fraction of sp³-hybridized carbons (Fsp3) is 0.250. The minimum Gasteiger partial charge on any atom is -0.468 e. The van der Waals surface area contributed by atoms with Gasteiger partial charge in [0.25, 0.3) is 0 Å². The lowest BCUT2D eigenvalue weighted by Gasteiger charge is -2.17. The molecular weight excluding hydrogens is 289 g/mol. The number of hydrogen-bond donors (Lipinski definition) is 1. The maximum atomic E-state index is 13.2. The first-order chi connectivity index (χ1) is 8.10. The average molecular weight is 302 g/mol. The molecule has 0 aliphatic carbocycles. The van der Waals surface area contributed by atoms with E-state index in [-0.39, 0.29) is 0 Å². The highest BCUT2D eigenvalue weighted by Gasteiger charge is 2.23. The average Bonchev–Trinajstić information content (AvgIpc) is 2.33. The fourth-order valence-electron chi connectivity index (χ4n) is 1.38. The van der Waals surface area contributed by atoms with Gasteiger partial charge in [0, 0.05) is 11.0 Å². The zero-order chi connectivity index (χ0) is 12.8. The van der Waals surface area contributed by atoms with Gasteiger partial charge < -0.3 is 4.74 Å². The van der Waals surface area contributed by atoms with Gasteiger partial charge in [0.05, 0.1) is 7.11 Å². The van der Waals surface area contributed by atoms with E-state index in [1.165, 1.54) is 19.2 Å². The molecule has 0 heterocycles. The van der Waals surface area contributed by atoms with Crippen molar-refractivity contribution in [3.05, 3.63) is 46.7 Å².